The molecule has 0 bridgehead atoms. The zero-order chi connectivity index (χ0) is 18.4. The van der Waals surface area contributed by atoms with Crippen molar-refractivity contribution in [2.45, 2.75) is 44.7 Å². The van der Waals surface area contributed by atoms with Crippen LogP contribution in [0.5, 0.6) is 0 Å². The highest BCUT2D eigenvalue weighted by Crippen LogP contribution is 2.36. The minimum atomic E-state index is -4.66. The van der Waals surface area contributed by atoms with Crippen LogP contribution in [0, 0.1) is 5.92 Å². The average molecular weight is 378 g/mol. The molecule has 1 N–H and O–H groups in total. The molecule has 0 atom stereocenters. The number of alkyl halides is 3. The summed E-state index contributed by atoms with van der Waals surface area (Å²) in [4.78, 5) is 23.5. The first kappa shape index (κ1) is 19.6. The molecule has 8 heteroatoms. The van der Waals surface area contributed by atoms with Gasteiger partial charge in [0.05, 0.1) is 11.3 Å². The Bertz CT molecular complexity index is 628. The van der Waals surface area contributed by atoms with E-state index in [4.69, 9.17) is 16.3 Å². The Kier molecular flexibility index (Phi) is 6.70. The van der Waals surface area contributed by atoms with Gasteiger partial charge in [0.15, 0.2) is 6.61 Å². The molecule has 1 fully saturated rings. The highest BCUT2D eigenvalue weighted by atomic mass is 35.5. The van der Waals surface area contributed by atoms with Crippen LogP contribution < -0.4 is 5.32 Å². The molecule has 1 aliphatic rings. The largest absolute Gasteiger partial charge is 0.456 e. The van der Waals surface area contributed by atoms with Gasteiger partial charge in [-0.25, -0.2) is 0 Å². The van der Waals surface area contributed by atoms with Crippen molar-refractivity contribution in [3.8, 4) is 0 Å². The second-order valence-corrected chi connectivity index (χ2v) is 6.54. The van der Waals surface area contributed by atoms with Crippen molar-refractivity contribution in [1.29, 1.82) is 0 Å². The van der Waals surface area contributed by atoms with E-state index in [1.54, 1.807) is 0 Å². The monoisotopic (exact) mass is 377 g/mol. The summed E-state index contributed by atoms with van der Waals surface area (Å²) in [5, 5.41) is 2.02. The molecule has 0 saturated heterocycles. The van der Waals surface area contributed by atoms with Crippen molar-refractivity contribution in [2.24, 2.45) is 5.92 Å². The molecule has 1 aliphatic carbocycles. The fourth-order valence-corrected chi connectivity index (χ4v) is 3.05. The first-order valence-corrected chi connectivity index (χ1v) is 8.45. The molecule has 138 valence electrons. The molecule has 0 unspecified atom stereocenters. The van der Waals surface area contributed by atoms with Crippen molar-refractivity contribution in [3.05, 3.63) is 28.8 Å². The van der Waals surface area contributed by atoms with Gasteiger partial charge in [0, 0.05) is 11.4 Å². The van der Waals surface area contributed by atoms with E-state index in [2.05, 4.69) is 5.32 Å². The third-order valence-electron chi connectivity index (χ3n) is 4.11. The number of rotatable bonds is 5. The number of carbonyl (C=O) groups excluding carboxylic acids is 2. The predicted octanol–water partition coefficient (Wildman–Crippen LogP) is 4.81. The number of hydrogen-bond acceptors (Lipinski definition) is 3. The molecule has 1 aromatic carbocycles. The van der Waals surface area contributed by atoms with Crippen LogP contribution in [0.1, 0.15) is 44.1 Å². The van der Waals surface area contributed by atoms with Gasteiger partial charge in [-0.1, -0.05) is 30.9 Å². The Morgan fingerprint density at radius 2 is 1.88 bits per heavy atom. The van der Waals surface area contributed by atoms with Crippen LogP contribution in [0.3, 0.4) is 0 Å². The quantitative estimate of drug-likeness (QED) is 0.749. The van der Waals surface area contributed by atoms with E-state index in [0.717, 1.165) is 44.2 Å². The Hall–Kier alpha value is -1.76. The topological polar surface area (TPSA) is 55.4 Å². The normalized spacial score (nSPS) is 15.7. The summed E-state index contributed by atoms with van der Waals surface area (Å²) >= 11 is 5.57. The summed E-state index contributed by atoms with van der Waals surface area (Å²) < 4.78 is 43.7. The molecule has 0 spiro atoms. The third-order valence-corrected chi connectivity index (χ3v) is 4.34. The summed E-state index contributed by atoms with van der Waals surface area (Å²) in [6, 6.07) is 3.03. The average Bonchev–Trinajstić information content (AvgIpc) is 2.54. The van der Waals surface area contributed by atoms with Crippen LogP contribution in [0.25, 0.3) is 0 Å². The molecule has 0 radical (unpaired) electrons. The fourth-order valence-electron chi connectivity index (χ4n) is 2.88. The van der Waals surface area contributed by atoms with Gasteiger partial charge in [0.1, 0.15) is 0 Å². The number of anilines is 1. The van der Waals surface area contributed by atoms with E-state index in [0.29, 0.717) is 0 Å². The standard InChI is InChI=1S/C17H19ClF3NO3/c18-12-6-7-14(13(9-12)17(19,20)21)22-15(23)10-25-16(24)8-11-4-2-1-3-5-11/h6-7,9,11H,1-5,8,10H2,(H,22,23). The van der Waals surface area contributed by atoms with Crippen LogP contribution in [0.2, 0.25) is 5.02 Å². The van der Waals surface area contributed by atoms with E-state index in [1.165, 1.54) is 6.07 Å². The van der Waals surface area contributed by atoms with E-state index >= 15 is 0 Å². The maximum atomic E-state index is 13.0. The number of benzene rings is 1. The maximum absolute atomic E-state index is 13.0. The van der Waals surface area contributed by atoms with Crippen LogP contribution in [0.4, 0.5) is 18.9 Å². The first-order chi connectivity index (χ1) is 11.8. The van der Waals surface area contributed by atoms with Gasteiger partial charge < -0.3 is 10.1 Å². The van der Waals surface area contributed by atoms with Gasteiger partial charge in [-0.15, -0.1) is 0 Å². The molecule has 1 saturated carbocycles. The number of carbonyl (C=O) groups is 2. The molecule has 25 heavy (non-hydrogen) atoms. The van der Waals surface area contributed by atoms with Crippen LogP contribution in [-0.4, -0.2) is 18.5 Å². The van der Waals surface area contributed by atoms with Crippen LogP contribution in [0.15, 0.2) is 18.2 Å². The molecular formula is C17H19ClF3NO3. The van der Waals surface area contributed by atoms with Gasteiger partial charge in [-0.3, -0.25) is 9.59 Å². The van der Waals surface area contributed by atoms with Gasteiger partial charge in [0.25, 0.3) is 5.91 Å². The molecule has 0 aliphatic heterocycles. The lowest BCUT2D eigenvalue weighted by Crippen LogP contribution is -2.23. The Morgan fingerprint density at radius 3 is 2.52 bits per heavy atom. The maximum Gasteiger partial charge on any atom is 0.418 e. The van der Waals surface area contributed by atoms with Crippen molar-refractivity contribution >= 4 is 29.2 Å². The van der Waals surface area contributed by atoms with Gasteiger partial charge in [0.2, 0.25) is 0 Å². The molecule has 0 aromatic heterocycles. The van der Waals surface area contributed by atoms with Crippen molar-refractivity contribution in [1.82, 2.24) is 0 Å². The second kappa shape index (κ2) is 8.56. The van der Waals surface area contributed by atoms with Crippen molar-refractivity contribution in [2.75, 3.05) is 11.9 Å². The molecule has 1 aromatic rings. The predicted molar refractivity (Wildman–Crippen MR) is 87.2 cm³/mol. The SMILES string of the molecule is O=C(COC(=O)CC1CCCCC1)Nc1ccc(Cl)cc1C(F)(F)F. The summed E-state index contributed by atoms with van der Waals surface area (Å²) in [6.07, 6.45) is 0.816. The Morgan fingerprint density at radius 1 is 1.20 bits per heavy atom. The lowest BCUT2D eigenvalue weighted by atomic mass is 9.87. The minimum absolute atomic E-state index is 0.0933. The molecule has 1 amide bonds. The summed E-state index contributed by atoms with van der Waals surface area (Å²) in [7, 11) is 0. The first-order valence-electron chi connectivity index (χ1n) is 8.08. The van der Waals surface area contributed by atoms with Gasteiger partial charge in [-0.05, 0) is 37.0 Å². The van der Waals surface area contributed by atoms with E-state index < -0.39 is 35.9 Å². The van der Waals surface area contributed by atoms with Crippen molar-refractivity contribution in [3.63, 3.8) is 0 Å². The molecule has 4 nitrogen and oxygen atoms in total. The van der Waals surface area contributed by atoms with Crippen LogP contribution >= 0.6 is 11.6 Å². The zero-order valence-electron chi connectivity index (χ0n) is 13.5. The van der Waals surface area contributed by atoms with Gasteiger partial charge >= 0.3 is 12.1 Å². The fraction of sp³-hybridized carbons (Fsp3) is 0.529. The van der Waals surface area contributed by atoms with E-state index in [1.807, 2.05) is 0 Å². The minimum Gasteiger partial charge on any atom is -0.456 e. The Labute approximate surface area is 148 Å². The molecular weight excluding hydrogens is 359 g/mol. The second-order valence-electron chi connectivity index (χ2n) is 6.10. The number of esters is 1. The van der Waals surface area contributed by atoms with Crippen LogP contribution in [-0.2, 0) is 20.5 Å². The lowest BCUT2D eigenvalue weighted by Gasteiger charge is -2.20. The number of amides is 1. The Balaban J connectivity index is 1.87. The zero-order valence-corrected chi connectivity index (χ0v) is 14.3. The number of nitrogens with one attached hydrogen (secondary N) is 1. The highest BCUT2D eigenvalue weighted by molar-refractivity contribution is 6.30. The number of hydrogen-bond donors (Lipinski definition) is 1. The molecule has 0 heterocycles. The summed E-state index contributed by atoms with van der Waals surface area (Å²) in [6.45, 7) is -0.620. The van der Waals surface area contributed by atoms with E-state index in [9.17, 15) is 22.8 Å². The smallest absolute Gasteiger partial charge is 0.418 e. The van der Waals surface area contributed by atoms with Gasteiger partial charge in [-0.2, -0.15) is 13.2 Å². The highest BCUT2D eigenvalue weighted by Gasteiger charge is 2.34. The summed E-state index contributed by atoms with van der Waals surface area (Å²) in [5.74, 6) is -1.07. The number of ether oxygens (including phenoxy) is 1. The van der Waals surface area contributed by atoms with E-state index in [-0.39, 0.29) is 17.4 Å². The lowest BCUT2D eigenvalue weighted by molar-refractivity contribution is -0.148. The van der Waals surface area contributed by atoms with Crippen molar-refractivity contribution < 1.29 is 27.5 Å². The number of halogens is 4. The molecule has 2 rings (SSSR count). The third kappa shape index (κ3) is 6.23. The summed E-state index contributed by atoms with van der Waals surface area (Å²) in [5.41, 5.74) is -1.48.